The van der Waals surface area contributed by atoms with Crippen molar-refractivity contribution >= 4 is 0 Å². The van der Waals surface area contributed by atoms with Crippen molar-refractivity contribution in [3.8, 4) is 11.8 Å². The van der Waals surface area contributed by atoms with E-state index in [0.29, 0.717) is 24.3 Å². The van der Waals surface area contributed by atoms with Crippen LogP contribution in [0.1, 0.15) is 52.1 Å². The minimum atomic E-state index is -1.42. The van der Waals surface area contributed by atoms with Gasteiger partial charge >= 0.3 is 0 Å². The third-order valence-electron chi connectivity index (χ3n) is 5.27. The fraction of sp³-hybridized carbons (Fsp3) is 0.231. The third kappa shape index (κ3) is 4.71. The van der Waals surface area contributed by atoms with Crippen LogP contribution in [0, 0.1) is 36.2 Å². The molecule has 3 aromatic carbocycles. The highest BCUT2D eigenvalue weighted by Gasteiger charge is 2.26. The first-order valence-corrected chi connectivity index (χ1v) is 9.84. The van der Waals surface area contributed by atoms with Crippen LogP contribution in [0.15, 0.2) is 54.6 Å². The number of hydrogen-bond acceptors (Lipinski definition) is 0. The monoisotopic (exact) mass is 390 g/mol. The molecule has 0 aliphatic heterocycles. The number of rotatable bonds is 4. The van der Waals surface area contributed by atoms with Gasteiger partial charge in [-0.05, 0) is 85.5 Å². The van der Waals surface area contributed by atoms with Gasteiger partial charge in [0.2, 0.25) is 0 Å². The smallest absolute Gasteiger partial charge is 0.194 e. The van der Waals surface area contributed by atoms with E-state index in [9.17, 15) is 13.2 Å². The number of benzene rings is 3. The molecular formula is C26H21F3. The van der Waals surface area contributed by atoms with Crippen LogP contribution in [-0.2, 0) is 12.8 Å². The van der Waals surface area contributed by atoms with E-state index >= 15 is 0 Å². The largest absolute Gasteiger partial charge is 0.204 e. The van der Waals surface area contributed by atoms with Gasteiger partial charge in [-0.2, -0.15) is 0 Å². The maximum Gasteiger partial charge on any atom is 0.194 e. The molecule has 1 aliphatic rings. The Labute approximate surface area is 169 Å². The van der Waals surface area contributed by atoms with Crippen molar-refractivity contribution in [2.45, 2.75) is 38.5 Å². The van der Waals surface area contributed by atoms with E-state index in [1.807, 2.05) is 24.3 Å². The van der Waals surface area contributed by atoms with Gasteiger partial charge in [0.1, 0.15) is 0 Å². The lowest BCUT2D eigenvalue weighted by atomic mass is 9.96. The summed E-state index contributed by atoms with van der Waals surface area (Å²) in [6.07, 6.45) is 3.41. The molecule has 3 heteroatoms. The van der Waals surface area contributed by atoms with E-state index in [1.54, 1.807) is 0 Å². The molecule has 0 saturated heterocycles. The van der Waals surface area contributed by atoms with Gasteiger partial charge in [-0.25, -0.2) is 13.2 Å². The summed E-state index contributed by atoms with van der Waals surface area (Å²) in [5.74, 6) is 3.39. The quantitative estimate of drug-likeness (QED) is 0.354. The number of aryl methyl sites for hydroxylation is 3. The Balaban J connectivity index is 1.53. The maximum atomic E-state index is 13.4. The van der Waals surface area contributed by atoms with Crippen LogP contribution < -0.4 is 0 Å². The van der Waals surface area contributed by atoms with Crippen molar-refractivity contribution < 1.29 is 13.2 Å². The first kappa shape index (κ1) is 19.3. The second-order valence-corrected chi connectivity index (χ2v) is 7.69. The zero-order valence-corrected chi connectivity index (χ0v) is 16.2. The Morgan fingerprint density at radius 1 is 0.793 bits per heavy atom. The van der Waals surface area contributed by atoms with E-state index < -0.39 is 17.5 Å². The van der Waals surface area contributed by atoms with Gasteiger partial charge in [0.15, 0.2) is 17.5 Å². The van der Waals surface area contributed by atoms with Gasteiger partial charge < -0.3 is 0 Å². The minimum absolute atomic E-state index is 0.451. The van der Waals surface area contributed by atoms with Crippen molar-refractivity contribution in [1.82, 2.24) is 0 Å². The van der Waals surface area contributed by atoms with Crippen molar-refractivity contribution in [3.05, 3.63) is 105 Å². The normalized spacial score (nSPS) is 13.1. The van der Waals surface area contributed by atoms with Crippen LogP contribution in [0.3, 0.4) is 0 Å². The van der Waals surface area contributed by atoms with Gasteiger partial charge in [-0.3, -0.25) is 0 Å². The lowest BCUT2D eigenvalue weighted by molar-refractivity contribution is 0.445. The molecule has 0 atom stereocenters. The number of halogens is 3. The molecule has 0 radical (unpaired) electrons. The van der Waals surface area contributed by atoms with E-state index in [1.165, 1.54) is 11.1 Å². The SMILES string of the molecule is Cc1ccc(C#Cc2ccc(CCc3cc(F)c(F)c(F)c3)cc2C2CC2)cc1. The summed E-state index contributed by atoms with van der Waals surface area (Å²) in [5.41, 5.74) is 6.03. The molecule has 0 aromatic heterocycles. The lowest BCUT2D eigenvalue weighted by Gasteiger charge is -2.08. The summed E-state index contributed by atoms with van der Waals surface area (Å²) in [4.78, 5) is 0. The van der Waals surface area contributed by atoms with Crippen molar-refractivity contribution in [3.63, 3.8) is 0 Å². The zero-order chi connectivity index (χ0) is 20.4. The molecule has 0 spiro atoms. The summed E-state index contributed by atoms with van der Waals surface area (Å²) in [5, 5.41) is 0. The molecule has 0 heterocycles. The van der Waals surface area contributed by atoms with Gasteiger partial charge in [-0.1, -0.05) is 41.7 Å². The van der Waals surface area contributed by atoms with Gasteiger partial charge in [0, 0.05) is 11.1 Å². The van der Waals surface area contributed by atoms with Gasteiger partial charge in [-0.15, -0.1) is 0 Å². The molecular weight excluding hydrogens is 369 g/mol. The summed E-state index contributed by atoms with van der Waals surface area (Å²) >= 11 is 0. The molecule has 0 unspecified atom stereocenters. The topological polar surface area (TPSA) is 0 Å². The molecule has 146 valence electrons. The van der Waals surface area contributed by atoms with Gasteiger partial charge in [0.25, 0.3) is 0 Å². The van der Waals surface area contributed by atoms with Crippen LogP contribution in [-0.4, -0.2) is 0 Å². The molecule has 0 N–H and O–H groups in total. The summed E-state index contributed by atoms with van der Waals surface area (Å²) in [6, 6.07) is 16.5. The Bertz CT molecular complexity index is 1070. The molecule has 29 heavy (non-hydrogen) atoms. The Kier molecular flexibility index (Phi) is 5.45. The van der Waals surface area contributed by atoms with Crippen LogP contribution in [0.5, 0.6) is 0 Å². The zero-order valence-electron chi connectivity index (χ0n) is 16.2. The molecule has 1 fully saturated rings. The highest BCUT2D eigenvalue weighted by atomic mass is 19.2. The Morgan fingerprint density at radius 2 is 1.45 bits per heavy atom. The minimum Gasteiger partial charge on any atom is -0.204 e. The molecule has 4 rings (SSSR count). The van der Waals surface area contributed by atoms with Crippen LogP contribution >= 0.6 is 0 Å². The average Bonchev–Trinajstić information content (AvgIpc) is 3.55. The predicted molar refractivity (Wildman–Crippen MR) is 109 cm³/mol. The maximum absolute atomic E-state index is 13.4. The van der Waals surface area contributed by atoms with E-state index in [4.69, 9.17) is 0 Å². The highest BCUT2D eigenvalue weighted by molar-refractivity contribution is 5.50. The molecule has 1 saturated carbocycles. The lowest BCUT2D eigenvalue weighted by Crippen LogP contribution is -1.98. The van der Waals surface area contributed by atoms with Gasteiger partial charge in [0.05, 0.1) is 0 Å². The van der Waals surface area contributed by atoms with Crippen LogP contribution in [0.2, 0.25) is 0 Å². The standard InChI is InChI=1S/C26H21F3/c1-17-2-4-18(5-3-17)8-10-21-11-9-19(14-23(21)22-12-13-22)6-7-20-15-24(27)26(29)25(28)16-20/h2-5,9,11,14-16,22H,6-7,12-13H2,1H3. The fourth-order valence-electron chi connectivity index (χ4n) is 3.43. The molecule has 0 bridgehead atoms. The third-order valence-corrected chi connectivity index (χ3v) is 5.27. The first-order chi connectivity index (χ1) is 14.0. The second-order valence-electron chi connectivity index (χ2n) is 7.69. The predicted octanol–water partition coefficient (Wildman–Crippen LogP) is 6.47. The fourth-order valence-corrected chi connectivity index (χ4v) is 3.43. The highest BCUT2D eigenvalue weighted by Crippen LogP contribution is 2.42. The van der Waals surface area contributed by atoms with Crippen LogP contribution in [0.25, 0.3) is 0 Å². The summed E-state index contributed by atoms with van der Waals surface area (Å²) in [7, 11) is 0. The summed E-state index contributed by atoms with van der Waals surface area (Å²) < 4.78 is 39.9. The van der Waals surface area contributed by atoms with E-state index in [0.717, 1.165) is 41.7 Å². The molecule has 0 amide bonds. The van der Waals surface area contributed by atoms with Crippen molar-refractivity contribution in [2.24, 2.45) is 0 Å². The van der Waals surface area contributed by atoms with E-state index in [2.05, 4.69) is 37.0 Å². The second kappa shape index (κ2) is 8.17. The number of hydrogen-bond donors (Lipinski definition) is 0. The summed E-state index contributed by atoms with van der Waals surface area (Å²) in [6.45, 7) is 2.05. The van der Waals surface area contributed by atoms with Crippen LogP contribution in [0.4, 0.5) is 13.2 Å². The Hall–Kier alpha value is -2.99. The van der Waals surface area contributed by atoms with Crippen molar-refractivity contribution in [2.75, 3.05) is 0 Å². The molecule has 1 aliphatic carbocycles. The average molecular weight is 390 g/mol. The Morgan fingerprint density at radius 3 is 2.10 bits per heavy atom. The first-order valence-electron chi connectivity index (χ1n) is 9.84. The van der Waals surface area contributed by atoms with Crippen molar-refractivity contribution in [1.29, 1.82) is 0 Å². The molecule has 3 aromatic rings. The van der Waals surface area contributed by atoms with E-state index in [-0.39, 0.29) is 0 Å². The molecule has 0 nitrogen and oxygen atoms in total.